The topological polar surface area (TPSA) is 57.2 Å². The van der Waals surface area contributed by atoms with Gasteiger partial charge in [-0.15, -0.1) is 0 Å². The molecule has 0 amide bonds. The molecule has 3 heterocycles. The summed E-state index contributed by atoms with van der Waals surface area (Å²) in [5.74, 6) is 1.63. The molecule has 0 spiro atoms. The van der Waals surface area contributed by atoms with Crippen molar-refractivity contribution in [2.75, 3.05) is 41.3 Å². The first-order valence-electron chi connectivity index (χ1n) is 9.72. The van der Waals surface area contributed by atoms with Crippen molar-refractivity contribution in [3.63, 3.8) is 0 Å². The number of hydrogen-bond donors (Lipinski definition) is 1. The fourth-order valence-electron chi connectivity index (χ4n) is 3.55. The quantitative estimate of drug-likeness (QED) is 0.738. The van der Waals surface area contributed by atoms with Crippen molar-refractivity contribution in [1.82, 2.24) is 15.0 Å². The summed E-state index contributed by atoms with van der Waals surface area (Å²) in [6.07, 6.45) is 5.45. The molecule has 6 heteroatoms. The summed E-state index contributed by atoms with van der Waals surface area (Å²) in [4.78, 5) is 18.0. The van der Waals surface area contributed by atoms with Crippen LogP contribution in [-0.2, 0) is 6.54 Å². The molecular formula is C22H26N6. The third-order valence-corrected chi connectivity index (χ3v) is 5.33. The lowest BCUT2D eigenvalue weighted by Crippen LogP contribution is -2.47. The Morgan fingerprint density at radius 1 is 0.929 bits per heavy atom. The largest absolute Gasteiger partial charge is 0.368 e. The van der Waals surface area contributed by atoms with E-state index in [0.717, 1.165) is 37.6 Å². The van der Waals surface area contributed by atoms with Crippen LogP contribution >= 0.6 is 0 Å². The van der Waals surface area contributed by atoms with E-state index in [9.17, 15) is 0 Å². The molecule has 3 aromatic rings. The van der Waals surface area contributed by atoms with Gasteiger partial charge in [0.05, 0.1) is 0 Å². The fraction of sp³-hybridized carbons (Fsp3) is 0.318. The molecule has 1 aliphatic heterocycles. The highest BCUT2D eigenvalue weighted by molar-refractivity contribution is 5.57. The second kappa shape index (κ2) is 8.25. The average Bonchev–Trinajstić information content (AvgIpc) is 2.75. The zero-order valence-electron chi connectivity index (χ0n) is 16.5. The van der Waals surface area contributed by atoms with Gasteiger partial charge in [-0.05, 0) is 48.7 Å². The van der Waals surface area contributed by atoms with Crippen LogP contribution in [0.15, 0.2) is 55.0 Å². The number of hydrogen-bond acceptors (Lipinski definition) is 6. The molecule has 0 saturated carbocycles. The predicted octanol–water partition coefficient (Wildman–Crippen LogP) is 3.43. The Morgan fingerprint density at radius 2 is 1.75 bits per heavy atom. The fourth-order valence-corrected chi connectivity index (χ4v) is 3.55. The first-order chi connectivity index (χ1) is 13.7. The molecule has 28 heavy (non-hydrogen) atoms. The summed E-state index contributed by atoms with van der Waals surface area (Å²) in [6.45, 7) is 8.94. The third-order valence-electron chi connectivity index (χ3n) is 5.33. The summed E-state index contributed by atoms with van der Waals surface area (Å²) >= 11 is 0. The van der Waals surface area contributed by atoms with Crippen molar-refractivity contribution < 1.29 is 0 Å². The van der Waals surface area contributed by atoms with Crippen molar-refractivity contribution in [3.8, 4) is 0 Å². The predicted molar refractivity (Wildman–Crippen MR) is 114 cm³/mol. The minimum atomic E-state index is 0.651. The number of benzene rings is 1. The Labute approximate surface area is 166 Å². The smallest absolute Gasteiger partial charge is 0.224 e. The van der Waals surface area contributed by atoms with Crippen LogP contribution in [0.25, 0.3) is 0 Å². The van der Waals surface area contributed by atoms with Crippen LogP contribution in [-0.4, -0.2) is 41.1 Å². The standard InChI is InChI=1S/C22H26N6/c1-17-5-3-7-20(18(17)2)27-11-13-28(14-12-27)21-8-10-24-22(26-21)25-16-19-6-4-9-23-15-19/h3-10,15H,11-14,16H2,1-2H3,(H,24,25,26). The highest BCUT2D eigenvalue weighted by atomic mass is 15.3. The van der Waals surface area contributed by atoms with E-state index >= 15 is 0 Å². The lowest BCUT2D eigenvalue weighted by molar-refractivity contribution is 0.645. The summed E-state index contributed by atoms with van der Waals surface area (Å²) in [6, 6.07) is 12.5. The lowest BCUT2D eigenvalue weighted by atomic mass is 10.1. The van der Waals surface area contributed by atoms with Gasteiger partial charge in [0.15, 0.2) is 0 Å². The molecule has 1 aromatic carbocycles. The maximum Gasteiger partial charge on any atom is 0.224 e. The Morgan fingerprint density at radius 3 is 2.54 bits per heavy atom. The summed E-state index contributed by atoms with van der Waals surface area (Å²) < 4.78 is 0. The van der Waals surface area contributed by atoms with Crippen molar-refractivity contribution in [2.24, 2.45) is 0 Å². The SMILES string of the molecule is Cc1cccc(N2CCN(c3ccnc(NCc4cccnc4)n3)CC2)c1C. The van der Waals surface area contributed by atoms with E-state index in [2.05, 4.69) is 57.1 Å². The summed E-state index contributed by atoms with van der Waals surface area (Å²) in [5.41, 5.74) is 5.18. The Kier molecular flexibility index (Phi) is 5.37. The van der Waals surface area contributed by atoms with Gasteiger partial charge in [0.2, 0.25) is 5.95 Å². The number of nitrogens with one attached hydrogen (secondary N) is 1. The molecule has 0 radical (unpaired) electrons. The first kappa shape index (κ1) is 18.2. The number of rotatable bonds is 5. The average molecular weight is 374 g/mol. The van der Waals surface area contributed by atoms with Gasteiger partial charge in [0.1, 0.15) is 5.82 Å². The molecule has 2 aromatic heterocycles. The van der Waals surface area contributed by atoms with Gasteiger partial charge in [-0.1, -0.05) is 18.2 Å². The molecule has 144 valence electrons. The minimum absolute atomic E-state index is 0.651. The number of anilines is 3. The van der Waals surface area contributed by atoms with E-state index < -0.39 is 0 Å². The number of aryl methyl sites for hydroxylation is 1. The number of aromatic nitrogens is 3. The van der Waals surface area contributed by atoms with E-state index in [0.29, 0.717) is 12.5 Å². The minimum Gasteiger partial charge on any atom is -0.368 e. The van der Waals surface area contributed by atoms with Crippen LogP contribution in [0, 0.1) is 13.8 Å². The molecular weight excluding hydrogens is 348 g/mol. The number of piperazine rings is 1. The first-order valence-corrected chi connectivity index (χ1v) is 9.72. The van der Waals surface area contributed by atoms with E-state index in [-0.39, 0.29) is 0 Å². The normalized spacial score (nSPS) is 14.2. The Hall–Kier alpha value is -3.15. The van der Waals surface area contributed by atoms with Gasteiger partial charge in [-0.3, -0.25) is 4.98 Å². The molecule has 0 atom stereocenters. The molecule has 1 aliphatic rings. The van der Waals surface area contributed by atoms with E-state index in [4.69, 9.17) is 4.98 Å². The molecule has 0 unspecified atom stereocenters. The zero-order chi connectivity index (χ0) is 19.3. The van der Waals surface area contributed by atoms with Crippen molar-refractivity contribution in [2.45, 2.75) is 20.4 Å². The molecule has 0 bridgehead atoms. The van der Waals surface area contributed by atoms with Gasteiger partial charge in [0, 0.05) is 57.0 Å². The van der Waals surface area contributed by atoms with Gasteiger partial charge < -0.3 is 15.1 Å². The maximum absolute atomic E-state index is 4.71. The molecule has 1 N–H and O–H groups in total. The van der Waals surface area contributed by atoms with Gasteiger partial charge >= 0.3 is 0 Å². The molecule has 0 aliphatic carbocycles. The van der Waals surface area contributed by atoms with Crippen molar-refractivity contribution in [1.29, 1.82) is 0 Å². The van der Waals surface area contributed by atoms with Crippen LogP contribution in [0.2, 0.25) is 0 Å². The monoisotopic (exact) mass is 374 g/mol. The second-order valence-electron chi connectivity index (χ2n) is 7.15. The van der Waals surface area contributed by atoms with Crippen molar-refractivity contribution in [3.05, 3.63) is 71.7 Å². The van der Waals surface area contributed by atoms with Crippen molar-refractivity contribution >= 4 is 17.5 Å². The highest BCUT2D eigenvalue weighted by Gasteiger charge is 2.20. The lowest BCUT2D eigenvalue weighted by Gasteiger charge is -2.37. The van der Waals surface area contributed by atoms with E-state index in [1.54, 1.807) is 6.20 Å². The Bertz CT molecular complexity index is 919. The maximum atomic E-state index is 4.71. The third kappa shape index (κ3) is 4.06. The van der Waals surface area contributed by atoms with Crippen LogP contribution in [0.4, 0.5) is 17.5 Å². The van der Waals surface area contributed by atoms with Gasteiger partial charge in [-0.2, -0.15) is 4.98 Å². The van der Waals surface area contributed by atoms with Crippen LogP contribution in [0.1, 0.15) is 16.7 Å². The summed E-state index contributed by atoms with van der Waals surface area (Å²) in [7, 11) is 0. The highest BCUT2D eigenvalue weighted by Crippen LogP contribution is 2.25. The van der Waals surface area contributed by atoms with E-state index in [1.165, 1.54) is 16.8 Å². The van der Waals surface area contributed by atoms with Crippen LogP contribution in [0.5, 0.6) is 0 Å². The molecule has 1 fully saturated rings. The van der Waals surface area contributed by atoms with Gasteiger partial charge in [-0.25, -0.2) is 4.98 Å². The van der Waals surface area contributed by atoms with E-state index in [1.807, 2.05) is 30.6 Å². The molecule has 4 rings (SSSR count). The zero-order valence-corrected chi connectivity index (χ0v) is 16.5. The number of nitrogens with zero attached hydrogens (tertiary/aromatic N) is 5. The molecule has 1 saturated heterocycles. The number of pyridine rings is 1. The van der Waals surface area contributed by atoms with Crippen LogP contribution < -0.4 is 15.1 Å². The molecule has 6 nitrogen and oxygen atoms in total. The van der Waals surface area contributed by atoms with Gasteiger partial charge in [0.25, 0.3) is 0 Å². The summed E-state index contributed by atoms with van der Waals surface area (Å²) in [5, 5.41) is 3.29. The second-order valence-corrected chi connectivity index (χ2v) is 7.15. The Balaban J connectivity index is 1.39. The van der Waals surface area contributed by atoms with Crippen LogP contribution in [0.3, 0.4) is 0 Å².